The van der Waals surface area contributed by atoms with Gasteiger partial charge in [0.2, 0.25) is 5.91 Å². The molecule has 0 radical (unpaired) electrons. The van der Waals surface area contributed by atoms with Gasteiger partial charge in [-0.1, -0.05) is 48.2 Å². The van der Waals surface area contributed by atoms with Crippen molar-refractivity contribution in [3.05, 3.63) is 70.1 Å². The van der Waals surface area contributed by atoms with Crippen LogP contribution in [0.4, 0.5) is 0 Å². The van der Waals surface area contributed by atoms with E-state index in [4.69, 9.17) is 9.47 Å². The van der Waals surface area contributed by atoms with Crippen LogP contribution in [0.15, 0.2) is 58.5 Å². The van der Waals surface area contributed by atoms with Crippen molar-refractivity contribution in [3.63, 3.8) is 0 Å². The van der Waals surface area contributed by atoms with E-state index in [9.17, 15) is 9.59 Å². The molecule has 0 fully saturated rings. The molecule has 8 nitrogen and oxygen atoms in total. The third-order valence-corrected chi connectivity index (χ3v) is 5.94. The zero-order valence-corrected chi connectivity index (χ0v) is 18.0. The Labute approximate surface area is 184 Å². The Morgan fingerprint density at radius 3 is 2.77 bits per heavy atom. The minimum atomic E-state index is -0.275. The molecule has 0 aliphatic carbocycles. The van der Waals surface area contributed by atoms with Crippen LogP contribution in [0.3, 0.4) is 0 Å². The number of aryl methyl sites for hydroxylation is 1. The summed E-state index contributed by atoms with van der Waals surface area (Å²) in [6.07, 6.45) is 0.710. The topological polar surface area (TPSA) is 98.2 Å². The molecule has 1 aliphatic rings. The van der Waals surface area contributed by atoms with Gasteiger partial charge in [-0.05, 0) is 36.6 Å². The quantitative estimate of drug-likeness (QED) is 0.523. The predicted molar refractivity (Wildman–Crippen MR) is 118 cm³/mol. The number of ether oxygens (including phenoxy) is 2. The number of carbonyl (C=O) groups is 1. The highest BCUT2D eigenvalue weighted by atomic mass is 32.2. The Morgan fingerprint density at radius 2 is 1.97 bits per heavy atom. The number of amides is 1. The fourth-order valence-electron chi connectivity index (χ4n) is 3.32. The lowest BCUT2D eigenvalue weighted by molar-refractivity contribution is -0.119. The number of thioether (sulfide) groups is 1. The monoisotopic (exact) mass is 440 g/mol. The number of H-pyrrole nitrogens is 1. The Kier molecular flexibility index (Phi) is 6.61. The fraction of sp³-hybridized carbons (Fsp3) is 0.318. The number of fused-ring (bicyclic) bond motifs is 1. The third-order valence-electron chi connectivity index (χ3n) is 4.97. The van der Waals surface area contributed by atoms with Crippen molar-refractivity contribution in [2.75, 3.05) is 19.0 Å². The maximum absolute atomic E-state index is 12.5. The summed E-state index contributed by atoms with van der Waals surface area (Å²) in [4.78, 5) is 24.6. The molecular weight excluding hydrogens is 416 g/mol. The van der Waals surface area contributed by atoms with Crippen molar-refractivity contribution in [2.45, 2.75) is 31.1 Å². The molecule has 1 atom stereocenters. The molecule has 2 heterocycles. The van der Waals surface area contributed by atoms with Gasteiger partial charge in [-0.3, -0.25) is 9.36 Å². The zero-order chi connectivity index (χ0) is 21.6. The van der Waals surface area contributed by atoms with E-state index in [0.717, 1.165) is 16.9 Å². The molecule has 2 N–H and O–H groups in total. The maximum atomic E-state index is 12.5. The SMILES string of the molecule is CC(NC(=O)CSc1n[nH]c(=O)n1CCc1ccccc1)c1ccc2c(c1)OCCO2. The number of hydrogen-bond donors (Lipinski definition) is 2. The van der Waals surface area contributed by atoms with Gasteiger partial charge < -0.3 is 14.8 Å². The number of nitrogens with zero attached hydrogens (tertiary/aromatic N) is 2. The molecular formula is C22H24N4O4S. The molecule has 4 rings (SSSR count). The first-order chi connectivity index (χ1) is 15.1. The summed E-state index contributed by atoms with van der Waals surface area (Å²) >= 11 is 1.24. The summed E-state index contributed by atoms with van der Waals surface area (Å²) in [5.41, 5.74) is 1.79. The van der Waals surface area contributed by atoms with Gasteiger partial charge in [0.05, 0.1) is 11.8 Å². The first kappa shape index (κ1) is 21.0. The van der Waals surface area contributed by atoms with E-state index < -0.39 is 0 Å². The average Bonchev–Trinajstić information content (AvgIpc) is 3.15. The summed E-state index contributed by atoms with van der Waals surface area (Å²) in [6.45, 7) is 3.47. The van der Waals surface area contributed by atoms with Gasteiger partial charge in [0.25, 0.3) is 0 Å². The average molecular weight is 441 g/mol. The predicted octanol–water partition coefficient (Wildman–Crippen LogP) is 2.55. The molecule has 1 aromatic heterocycles. The van der Waals surface area contributed by atoms with Crippen LogP contribution in [0.5, 0.6) is 11.5 Å². The number of nitrogens with one attached hydrogen (secondary N) is 2. The Balaban J connectivity index is 1.32. The first-order valence-electron chi connectivity index (χ1n) is 10.1. The van der Waals surface area contributed by atoms with Crippen molar-refractivity contribution in [1.82, 2.24) is 20.1 Å². The number of rotatable bonds is 8. The van der Waals surface area contributed by atoms with Crippen molar-refractivity contribution in [3.8, 4) is 11.5 Å². The van der Waals surface area contributed by atoms with E-state index in [-0.39, 0.29) is 23.4 Å². The van der Waals surface area contributed by atoms with E-state index in [0.29, 0.717) is 37.1 Å². The van der Waals surface area contributed by atoms with E-state index in [1.807, 2.05) is 55.5 Å². The number of aromatic nitrogens is 3. The molecule has 9 heteroatoms. The van der Waals surface area contributed by atoms with Gasteiger partial charge in [0.15, 0.2) is 16.7 Å². The molecule has 0 saturated carbocycles. The first-order valence-corrected chi connectivity index (χ1v) is 11.1. The zero-order valence-electron chi connectivity index (χ0n) is 17.2. The summed E-state index contributed by atoms with van der Waals surface area (Å²) in [5.74, 6) is 1.43. The molecule has 1 amide bonds. The highest BCUT2D eigenvalue weighted by Crippen LogP contribution is 2.32. The van der Waals surface area contributed by atoms with Crippen LogP contribution in [-0.2, 0) is 17.8 Å². The Morgan fingerprint density at radius 1 is 1.19 bits per heavy atom. The Bertz CT molecular complexity index is 1100. The number of carbonyl (C=O) groups excluding carboxylic acids is 1. The van der Waals surface area contributed by atoms with Crippen molar-refractivity contribution >= 4 is 17.7 Å². The third kappa shape index (κ3) is 5.29. The van der Waals surface area contributed by atoms with Crippen LogP contribution in [-0.4, -0.2) is 39.6 Å². The van der Waals surface area contributed by atoms with Crippen LogP contribution < -0.4 is 20.5 Å². The van der Waals surface area contributed by atoms with Gasteiger partial charge in [-0.25, -0.2) is 9.89 Å². The summed E-state index contributed by atoms with van der Waals surface area (Å²) in [6, 6.07) is 15.4. The lowest BCUT2D eigenvalue weighted by atomic mass is 10.1. The second-order valence-electron chi connectivity index (χ2n) is 7.18. The molecule has 0 bridgehead atoms. The maximum Gasteiger partial charge on any atom is 0.343 e. The standard InChI is InChI=1S/C22H24N4O4S/c1-15(17-7-8-18-19(13-17)30-12-11-29-18)23-20(27)14-31-22-25-24-21(28)26(22)10-9-16-5-3-2-4-6-16/h2-8,13,15H,9-12,14H2,1H3,(H,23,27)(H,24,28). The van der Waals surface area contributed by atoms with Gasteiger partial charge in [0, 0.05) is 6.54 Å². The van der Waals surface area contributed by atoms with Crippen LogP contribution in [0.25, 0.3) is 0 Å². The summed E-state index contributed by atoms with van der Waals surface area (Å²) < 4.78 is 12.7. The minimum Gasteiger partial charge on any atom is -0.486 e. The second kappa shape index (κ2) is 9.74. The molecule has 2 aromatic carbocycles. The summed E-state index contributed by atoms with van der Waals surface area (Å²) in [7, 11) is 0. The van der Waals surface area contributed by atoms with Crippen molar-refractivity contribution < 1.29 is 14.3 Å². The minimum absolute atomic E-state index is 0.141. The number of hydrogen-bond acceptors (Lipinski definition) is 6. The van der Waals surface area contributed by atoms with Crippen molar-refractivity contribution in [2.24, 2.45) is 0 Å². The van der Waals surface area contributed by atoms with E-state index >= 15 is 0 Å². The molecule has 3 aromatic rings. The van der Waals surface area contributed by atoms with E-state index in [1.165, 1.54) is 11.8 Å². The van der Waals surface area contributed by atoms with E-state index in [1.54, 1.807) is 4.57 Å². The number of benzene rings is 2. The highest BCUT2D eigenvalue weighted by molar-refractivity contribution is 7.99. The molecule has 1 unspecified atom stereocenters. The molecule has 0 saturated heterocycles. The smallest absolute Gasteiger partial charge is 0.343 e. The van der Waals surface area contributed by atoms with E-state index in [2.05, 4.69) is 15.5 Å². The van der Waals surface area contributed by atoms with Crippen LogP contribution >= 0.6 is 11.8 Å². The van der Waals surface area contributed by atoms with Crippen LogP contribution in [0.1, 0.15) is 24.1 Å². The van der Waals surface area contributed by atoms with Gasteiger partial charge in [0.1, 0.15) is 13.2 Å². The molecule has 0 spiro atoms. The highest BCUT2D eigenvalue weighted by Gasteiger charge is 2.17. The largest absolute Gasteiger partial charge is 0.486 e. The molecule has 31 heavy (non-hydrogen) atoms. The van der Waals surface area contributed by atoms with Gasteiger partial charge >= 0.3 is 5.69 Å². The molecule has 1 aliphatic heterocycles. The van der Waals surface area contributed by atoms with Gasteiger partial charge in [-0.2, -0.15) is 0 Å². The Hall–Kier alpha value is -3.20. The lowest BCUT2D eigenvalue weighted by Gasteiger charge is -2.21. The molecule has 162 valence electrons. The van der Waals surface area contributed by atoms with Crippen molar-refractivity contribution in [1.29, 1.82) is 0 Å². The second-order valence-corrected chi connectivity index (χ2v) is 8.12. The fourth-order valence-corrected chi connectivity index (χ4v) is 4.11. The normalized spacial score (nSPS) is 13.6. The van der Waals surface area contributed by atoms with Crippen LogP contribution in [0, 0.1) is 0 Å². The lowest BCUT2D eigenvalue weighted by Crippen LogP contribution is -2.28. The van der Waals surface area contributed by atoms with Gasteiger partial charge in [-0.15, -0.1) is 5.10 Å². The number of aromatic amines is 1. The summed E-state index contributed by atoms with van der Waals surface area (Å²) in [5, 5.41) is 10.0. The van der Waals surface area contributed by atoms with Crippen LogP contribution in [0.2, 0.25) is 0 Å².